The van der Waals surface area contributed by atoms with Crippen LogP contribution in [0.25, 0.3) is 0 Å². The van der Waals surface area contributed by atoms with E-state index in [-0.39, 0.29) is 12.7 Å². The van der Waals surface area contributed by atoms with E-state index in [1.165, 1.54) is 25.7 Å². The molecule has 0 radical (unpaired) electrons. The molecule has 1 atom stereocenters. The summed E-state index contributed by atoms with van der Waals surface area (Å²) in [6.45, 7) is 4.81. The lowest BCUT2D eigenvalue weighted by molar-refractivity contribution is -0.0112. The summed E-state index contributed by atoms with van der Waals surface area (Å²) in [6, 6.07) is 0. The van der Waals surface area contributed by atoms with Crippen molar-refractivity contribution in [3.05, 3.63) is 0 Å². The number of aliphatic hydroxyl groups is 1. The smallest absolute Gasteiger partial charge is 0.0711 e. The van der Waals surface area contributed by atoms with Crippen LogP contribution >= 0.6 is 11.6 Å². The molecule has 116 valence electrons. The minimum Gasteiger partial charge on any atom is -0.394 e. The van der Waals surface area contributed by atoms with Gasteiger partial charge in [0.25, 0.3) is 0 Å². The highest BCUT2D eigenvalue weighted by atomic mass is 35.5. The van der Waals surface area contributed by atoms with Crippen LogP contribution in [0.4, 0.5) is 0 Å². The normalized spacial score (nSPS) is 12.8. The first-order valence-electron chi connectivity index (χ1n) is 7.29. The summed E-state index contributed by atoms with van der Waals surface area (Å²) in [6.07, 6.45) is 6.15. The molecule has 0 aliphatic rings. The predicted octanol–water partition coefficient (Wildman–Crippen LogP) is 2.61. The number of hydrogen-bond acceptors (Lipinski definition) is 4. The third-order valence-corrected chi connectivity index (χ3v) is 3.08. The molecule has 0 aromatic carbocycles. The summed E-state index contributed by atoms with van der Waals surface area (Å²) >= 11 is 5.87. The number of unbranched alkanes of at least 4 members (excludes halogenated alkanes) is 3. The van der Waals surface area contributed by atoms with Crippen molar-refractivity contribution < 1.29 is 19.3 Å². The van der Waals surface area contributed by atoms with Gasteiger partial charge in [-0.3, -0.25) is 0 Å². The van der Waals surface area contributed by atoms with Crippen LogP contribution < -0.4 is 0 Å². The quantitative estimate of drug-likeness (QED) is 0.373. The zero-order chi connectivity index (χ0) is 14.2. The summed E-state index contributed by atoms with van der Waals surface area (Å²) in [5, 5.41) is 8.50. The highest BCUT2D eigenvalue weighted by molar-refractivity contribution is 6.18. The second-order valence-corrected chi connectivity index (χ2v) is 4.75. The lowest BCUT2D eigenvalue weighted by Crippen LogP contribution is -2.19. The molecule has 0 fully saturated rings. The van der Waals surface area contributed by atoms with Gasteiger partial charge in [-0.05, 0) is 6.42 Å². The van der Waals surface area contributed by atoms with Crippen molar-refractivity contribution in [3.8, 4) is 0 Å². The highest BCUT2D eigenvalue weighted by Crippen LogP contribution is 2.09. The van der Waals surface area contributed by atoms with E-state index in [9.17, 15) is 0 Å². The topological polar surface area (TPSA) is 47.9 Å². The molecule has 0 amide bonds. The molecule has 19 heavy (non-hydrogen) atoms. The SMILES string of the molecule is CCCCCCC(CCl)OCCOCCOCCO. The number of halogens is 1. The molecule has 1 unspecified atom stereocenters. The maximum absolute atomic E-state index is 8.50. The van der Waals surface area contributed by atoms with Gasteiger partial charge in [0.1, 0.15) is 0 Å². The summed E-state index contributed by atoms with van der Waals surface area (Å²) in [5.41, 5.74) is 0. The molecule has 0 spiro atoms. The highest BCUT2D eigenvalue weighted by Gasteiger charge is 2.06. The van der Waals surface area contributed by atoms with Gasteiger partial charge in [0, 0.05) is 5.88 Å². The Labute approximate surface area is 122 Å². The summed E-state index contributed by atoms with van der Waals surface area (Å²) in [7, 11) is 0. The Balaban J connectivity index is 3.26. The van der Waals surface area contributed by atoms with Crippen LogP contribution in [-0.2, 0) is 14.2 Å². The average Bonchev–Trinajstić information content (AvgIpc) is 2.44. The second-order valence-electron chi connectivity index (χ2n) is 4.44. The van der Waals surface area contributed by atoms with Crippen molar-refractivity contribution in [2.24, 2.45) is 0 Å². The first-order valence-corrected chi connectivity index (χ1v) is 7.82. The first kappa shape index (κ1) is 19.1. The van der Waals surface area contributed by atoms with Gasteiger partial charge in [0.15, 0.2) is 0 Å². The molecule has 0 heterocycles. The maximum atomic E-state index is 8.50. The van der Waals surface area contributed by atoms with Gasteiger partial charge >= 0.3 is 0 Å². The number of alkyl halides is 1. The average molecular weight is 297 g/mol. The molecule has 0 aromatic heterocycles. The van der Waals surface area contributed by atoms with E-state index in [4.69, 9.17) is 30.9 Å². The molecule has 0 rings (SSSR count). The lowest BCUT2D eigenvalue weighted by atomic mass is 10.1. The van der Waals surface area contributed by atoms with Gasteiger partial charge in [0.2, 0.25) is 0 Å². The minimum absolute atomic E-state index is 0.0541. The summed E-state index contributed by atoms with van der Waals surface area (Å²) in [5.74, 6) is 0.547. The molecule has 0 aromatic rings. The van der Waals surface area contributed by atoms with Crippen molar-refractivity contribution in [1.29, 1.82) is 0 Å². The Morgan fingerprint density at radius 3 is 2.26 bits per heavy atom. The maximum Gasteiger partial charge on any atom is 0.0711 e. The fourth-order valence-electron chi connectivity index (χ4n) is 1.66. The minimum atomic E-state index is 0.0541. The van der Waals surface area contributed by atoms with Crippen LogP contribution in [-0.4, -0.2) is 56.7 Å². The molecular weight excluding hydrogens is 268 g/mol. The predicted molar refractivity (Wildman–Crippen MR) is 77.9 cm³/mol. The van der Waals surface area contributed by atoms with Gasteiger partial charge in [-0.15, -0.1) is 11.6 Å². The molecule has 0 bridgehead atoms. The van der Waals surface area contributed by atoms with Crippen LogP contribution in [0.2, 0.25) is 0 Å². The fourth-order valence-corrected chi connectivity index (χ4v) is 1.91. The monoisotopic (exact) mass is 296 g/mol. The number of hydrogen-bond donors (Lipinski definition) is 1. The van der Waals surface area contributed by atoms with Crippen LogP contribution in [0.1, 0.15) is 39.0 Å². The van der Waals surface area contributed by atoms with E-state index < -0.39 is 0 Å². The molecule has 0 saturated heterocycles. The van der Waals surface area contributed by atoms with Gasteiger partial charge in [-0.25, -0.2) is 0 Å². The number of rotatable bonds is 15. The third kappa shape index (κ3) is 14.4. The Morgan fingerprint density at radius 2 is 1.63 bits per heavy atom. The molecule has 1 N–H and O–H groups in total. The van der Waals surface area contributed by atoms with Crippen LogP contribution in [0, 0.1) is 0 Å². The molecule has 4 nitrogen and oxygen atoms in total. The standard InChI is InChI=1S/C14H29ClO4/c1-2-3-4-5-6-14(13-15)19-12-11-18-10-9-17-8-7-16/h14,16H,2-13H2,1H3. The van der Waals surface area contributed by atoms with E-state index in [0.717, 1.165) is 6.42 Å². The van der Waals surface area contributed by atoms with E-state index in [1.807, 2.05) is 0 Å². The van der Waals surface area contributed by atoms with Crippen molar-refractivity contribution in [2.45, 2.75) is 45.1 Å². The van der Waals surface area contributed by atoms with Crippen LogP contribution in [0.5, 0.6) is 0 Å². The van der Waals surface area contributed by atoms with E-state index in [2.05, 4.69) is 6.92 Å². The summed E-state index contributed by atoms with van der Waals surface area (Å²) < 4.78 is 16.1. The number of ether oxygens (including phenoxy) is 3. The van der Waals surface area contributed by atoms with E-state index >= 15 is 0 Å². The Bertz CT molecular complexity index is 170. The molecule has 0 aliphatic heterocycles. The zero-order valence-corrected chi connectivity index (χ0v) is 12.9. The molecule has 5 heteroatoms. The molecule has 0 saturated carbocycles. The molecule has 0 aliphatic carbocycles. The first-order chi connectivity index (χ1) is 9.35. The fraction of sp³-hybridized carbons (Fsp3) is 1.00. The molecular formula is C14H29ClO4. The Morgan fingerprint density at radius 1 is 0.947 bits per heavy atom. The number of aliphatic hydroxyl groups excluding tert-OH is 1. The Hall–Kier alpha value is 0.130. The van der Waals surface area contributed by atoms with Crippen molar-refractivity contribution >= 4 is 11.6 Å². The van der Waals surface area contributed by atoms with Gasteiger partial charge in [-0.1, -0.05) is 32.6 Å². The Kier molecular flexibility index (Phi) is 16.3. The lowest BCUT2D eigenvalue weighted by Gasteiger charge is -2.15. The van der Waals surface area contributed by atoms with E-state index in [1.54, 1.807) is 0 Å². The largest absolute Gasteiger partial charge is 0.394 e. The van der Waals surface area contributed by atoms with Gasteiger partial charge in [0.05, 0.1) is 45.7 Å². The second kappa shape index (κ2) is 16.2. The van der Waals surface area contributed by atoms with Crippen molar-refractivity contribution in [1.82, 2.24) is 0 Å². The van der Waals surface area contributed by atoms with Crippen molar-refractivity contribution in [3.63, 3.8) is 0 Å². The zero-order valence-electron chi connectivity index (χ0n) is 12.1. The van der Waals surface area contributed by atoms with Crippen LogP contribution in [0.15, 0.2) is 0 Å². The van der Waals surface area contributed by atoms with Crippen LogP contribution in [0.3, 0.4) is 0 Å². The van der Waals surface area contributed by atoms with Gasteiger partial charge < -0.3 is 19.3 Å². The van der Waals surface area contributed by atoms with E-state index in [0.29, 0.717) is 38.9 Å². The summed E-state index contributed by atoms with van der Waals surface area (Å²) in [4.78, 5) is 0. The third-order valence-electron chi connectivity index (χ3n) is 2.74. The van der Waals surface area contributed by atoms with Crippen molar-refractivity contribution in [2.75, 3.05) is 45.5 Å². The van der Waals surface area contributed by atoms with Gasteiger partial charge in [-0.2, -0.15) is 0 Å².